The molecule has 0 aliphatic heterocycles. The maximum absolute atomic E-state index is 2.35. The van der Waals surface area contributed by atoms with Gasteiger partial charge in [0.25, 0.3) is 0 Å². The zero-order valence-electron chi connectivity index (χ0n) is 15.4. The molecule has 0 bridgehead atoms. The lowest BCUT2D eigenvalue weighted by atomic mass is 10.1. The Morgan fingerprint density at radius 3 is 1.93 bits per heavy atom. The number of hydrogen-bond acceptors (Lipinski definition) is 1. The summed E-state index contributed by atoms with van der Waals surface area (Å²) in [7, 11) is 4.24. The minimum absolute atomic E-state index is 1.18. The highest BCUT2D eigenvalue weighted by molar-refractivity contribution is 14.1. The van der Waals surface area contributed by atoms with Crippen molar-refractivity contribution in [1.29, 1.82) is 0 Å². The van der Waals surface area contributed by atoms with Crippen molar-refractivity contribution in [3.05, 3.63) is 94.6 Å². The van der Waals surface area contributed by atoms with Gasteiger partial charge in [-0.2, -0.15) is 0 Å². The molecule has 0 aliphatic carbocycles. The van der Waals surface area contributed by atoms with Crippen molar-refractivity contribution in [2.75, 3.05) is 11.9 Å². The highest BCUT2D eigenvalue weighted by Gasteiger charge is 2.10. The molecule has 0 radical (unpaired) electrons. The third-order valence-corrected chi connectivity index (χ3v) is 5.61. The van der Waals surface area contributed by atoms with Crippen LogP contribution in [0.15, 0.2) is 91.0 Å². The summed E-state index contributed by atoms with van der Waals surface area (Å²) in [6.07, 6.45) is 0. The van der Waals surface area contributed by atoms with Crippen molar-refractivity contribution in [3.8, 4) is 22.5 Å². The van der Waals surface area contributed by atoms with Crippen molar-refractivity contribution >= 4 is 34.0 Å². The van der Waals surface area contributed by atoms with Crippen LogP contribution in [0.2, 0.25) is 0 Å². The predicted molar refractivity (Wildman–Crippen MR) is 124 cm³/mol. The number of benzene rings is 3. The lowest BCUT2D eigenvalue weighted by molar-refractivity contribution is 0.946. The molecule has 134 valence electrons. The second-order valence-corrected chi connectivity index (χ2v) is 7.86. The molecule has 3 heteroatoms. The van der Waals surface area contributed by atoms with Gasteiger partial charge in [0.15, 0.2) is 0 Å². The number of hydrogen-bond donors (Lipinski definition) is 0. The highest BCUT2D eigenvalue weighted by atomic mass is 127. The van der Waals surface area contributed by atoms with E-state index < -0.39 is 0 Å². The lowest BCUT2D eigenvalue weighted by Gasteiger charge is -2.20. The summed E-state index contributed by atoms with van der Waals surface area (Å²) < 4.78 is 3.50. The summed E-state index contributed by atoms with van der Waals surface area (Å²) in [4.78, 5) is 2.21. The first-order valence-corrected chi connectivity index (χ1v) is 10.0. The average Bonchev–Trinajstić information content (AvgIpc) is 3.09. The van der Waals surface area contributed by atoms with Gasteiger partial charge in [0.2, 0.25) is 0 Å². The van der Waals surface area contributed by atoms with Crippen LogP contribution in [0.4, 0.5) is 11.4 Å². The van der Waals surface area contributed by atoms with Crippen LogP contribution in [0.25, 0.3) is 22.5 Å². The zero-order chi connectivity index (χ0) is 18.8. The molecule has 0 spiro atoms. The Morgan fingerprint density at radius 2 is 1.30 bits per heavy atom. The Kier molecular flexibility index (Phi) is 5.03. The summed E-state index contributed by atoms with van der Waals surface area (Å²) in [5.74, 6) is 0. The van der Waals surface area contributed by atoms with E-state index in [2.05, 4.69) is 137 Å². The van der Waals surface area contributed by atoms with Crippen molar-refractivity contribution in [3.63, 3.8) is 0 Å². The fourth-order valence-corrected chi connectivity index (χ4v) is 3.92. The van der Waals surface area contributed by atoms with Crippen LogP contribution in [0, 0.1) is 3.57 Å². The second kappa shape index (κ2) is 7.61. The van der Waals surface area contributed by atoms with Crippen molar-refractivity contribution in [2.45, 2.75) is 0 Å². The summed E-state index contributed by atoms with van der Waals surface area (Å²) in [6, 6.07) is 32.2. The van der Waals surface area contributed by atoms with E-state index in [9.17, 15) is 0 Å². The van der Waals surface area contributed by atoms with E-state index in [0.29, 0.717) is 0 Å². The van der Waals surface area contributed by atoms with Gasteiger partial charge >= 0.3 is 0 Å². The molecular weight excluding hydrogens is 443 g/mol. The molecule has 0 fully saturated rings. The van der Waals surface area contributed by atoms with Gasteiger partial charge in [0.1, 0.15) is 0 Å². The van der Waals surface area contributed by atoms with E-state index in [1.54, 1.807) is 0 Å². The van der Waals surface area contributed by atoms with Gasteiger partial charge in [-0.1, -0.05) is 48.5 Å². The van der Waals surface area contributed by atoms with Crippen LogP contribution < -0.4 is 4.90 Å². The molecule has 0 atom stereocenters. The number of nitrogens with zero attached hydrogens (tertiary/aromatic N) is 2. The van der Waals surface area contributed by atoms with E-state index in [0.717, 1.165) is 0 Å². The summed E-state index contributed by atoms with van der Waals surface area (Å²) in [5, 5.41) is 0. The normalized spacial score (nSPS) is 10.8. The smallest absolute Gasteiger partial charge is 0.0482 e. The van der Waals surface area contributed by atoms with Crippen LogP contribution in [-0.2, 0) is 7.05 Å². The third-order valence-electron chi connectivity index (χ3n) is 4.94. The van der Waals surface area contributed by atoms with Crippen LogP contribution in [-0.4, -0.2) is 11.6 Å². The molecule has 4 rings (SSSR count). The van der Waals surface area contributed by atoms with Gasteiger partial charge in [0, 0.05) is 40.4 Å². The minimum Gasteiger partial charge on any atom is -0.345 e. The van der Waals surface area contributed by atoms with E-state index in [4.69, 9.17) is 0 Å². The Bertz CT molecular complexity index is 1050. The van der Waals surface area contributed by atoms with E-state index >= 15 is 0 Å². The highest BCUT2D eigenvalue weighted by Crippen LogP contribution is 2.30. The van der Waals surface area contributed by atoms with Crippen LogP contribution >= 0.6 is 22.6 Å². The SMILES string of the molecule is CN(c1ccc(-c2ccc(-c3ccccc3)n2C)cc1)c1cccc(I)c1. The van der Waals surface area contributed by atoms with Crippen molar-refractivity contribution in [2.24, 2.45) is 7.05 Å². The van der Waals surface area contributed by atoms with Crippen LogP contribution in [0.5, 0.6) is 0 Å². The molecular formula is C24H21IN2. The molecule has 27 heavy (non-hydrogen) atoms. The van der Waals surface area contributed by atoms with Gasteiger partial charge in [-0.25, -0.2) is 0 Å². The zero-order valence-corrected chi connectivity index (χ0v) is 17.6. The number of rotatable bonds is 4. The van der Waals surface area contributed by atoms with Gasteiger partial charge in [-0.15, -0.1) is 0 Å². The Balaban J connectivity index is 1.62. The van der Waals surface area contributed by atoms with Gasteiger partial charge in [-0.05, 0) is 76.2 Å². The van der Waals surface area contributed by atoms with E-state index in [-0.39, 0.29) is 0 Å². The standard InChI is InChI=1S/C24H21IN2/c1-26(22-10-6-9-20(25)17-22)21-13-11-19(12-14-21)24-16-15-23(27(24)2)18-7-4-3-5-8-18/h3-17H,1-2H3. The first-order chi connectivity index (χ1) is 13.1. The fraction of sp³-hybridized carbons (Fsp3) is 0.0833. The Hall–Kier alpha value is -2.53. The minimum atomic E-state index is 1.18. The lowest BCUT2D eigenvalue weighted by Crippen LogP contribution is -2.09. The second-order valence-electron chi connectivity index (χ2n) is 6.61. The molecule has 0 saturated carbocycles. The molecule has 0 unspecified atom stereocenters. The largest absolute Gasteiger partial charge is 0.345 e. The molecule has 1 heterocycles. The maximum Gasteiger partial charge on any atom is 0.0482 e. The Labute approximate surface area is 174 Å². The molecule has 0 N–H and O–H groups in total. The molecule has 1 aromatic heterocycles. The first-order valence-electron chi connectivity index (χ1n) is 8.94. The molecule has 4 aromatic rings. The number of anilines is 2. The van der Waals surface area contributed by atoms with Gasteiger partial charge < -0.3 is 9.47 Å². The molecule has 0 aliphatic rings. The first kappa shape index (κ1) is 17.9. The molecule has 0 amide bonds. The molecule has 2 nitrogen and oxygen atoms in total. The van der Waals surface area contributed by atoms with Crippen molar-refractivity contribution in [1.82, 2.24) is 4.57 Å². The summed E-state index contributed by atoms with van der Waals surface area (Å²) in [6.45, 7) is 0. The topological polar surface area (TPSA) is 8.17 Å². The predicted octanol–water partition coefficient (Wildman–Crippen LogP) is 6.73. The molecule has 0 saturated heterocycles. The number of aromatic nitrogens is 1. The monoisotopic (exact) mass is 464 g/mol. The quantitative estimate of drug-likeness (QED) is 0.304. The van der Waals surface area contributed by atoms with Crippen LogP contribution in [0.1, 0.15) is 0 Å². The summed E-state index contributed by atoms with van der Waals surface area (Å²) >= 11 is 2.35. The third kappa shape index (κ3) is 3.65. The fourth-order valence-electron chi connectivity index (χ4n) is 3.39. The van der Waals surface area contributed by atoms with Crippen molar-refractivity contribution < 1.29 is 0 Å². The average molecular weight is 464 g/mol. The van der Waals surface area contributed by atoms with Gasteiger partial charge in [0.05, 0.1) is 0 Å². The van der Waals surface area contributed by atoms with E-state index in [1.165, 1.54) is 37.5 Å². The maximum atomic E-state index is 2.35. The van der Waals surface area contributed by atoms with Crippen LogP contribution in [0.3, 0.4) is 0 Å². The summed E-state index contributed by atoms with van der Waals surface area (Å²) in [5.41, 5.74) is 7.28. The van der Waals surface area contributed by atoms with Gasteiger partial charge in [-0.3, -0.25) is 0 Å². The Morgan fingerprint density at radius 1 is 0.667 bits per heavy atom. The number of halogens is 1. The molecule has 3 aromatic carbocycles. The van der Waals surface area contributed by atoms with E-state index in [1.807, 2.05) is 0 Å².